The lowest BCUT2D eigenvalue weighted by Crippen LogP contribution is -2.32. The average Bonchev–Trinajstić information content (AvgIpc) is 2.08. The van der Waals surface area contributed by atoms with Gasteiger partial charge in [0.25, 0.3) is 0 Å². The molecule has 0 fully saturated rings. The Morgan fingerprint density at radius 3 is 2.46 bits per heavy atom. The molecule has 0 heterocycles. The van der Waals surface area contributed by atoms with Gasteiger partial charge in [0, 0.05) is 0 Å². The fraction of sp³-hybridized carbons (Fsp3) is 0.222. The molecule has 1 atom stereocenters. The third-order valence-corrected chi connectivity index (χ3v) is 2.28. The highest BCUT2D eigenvalue weighted by Gasteiger charge is 2.05. The summed E-state index contributed by atoms with van der Waals surface area (Å²) in [6.07, 6.45) is 0.294. The molecular weight excluding hydrogens is 239 g/mol. The van der Waals surface area contributed by atoms with E-state index in [-0.39, 0.29) is 5.82 Å². The van der Waals surface area contributed by atoms with Gasteiger partial charge in [-0.05, 0) is 24.1 Å². The minimum absolute atomic E-state index is 0.294. The van der Waals surface area contributed by atoms with E-state index in [4.69, 9.17) is 0 Å². The van der Waals surface area contributed by atoms with Crippen molar-refractivity contribution in [1.29, 1.82) is 0 Å². The van der Waals surface area contributed by atoms with Crippen LogP contribution < -0.4 is 5.11 Å². The quantitative estimate of drug-likeness (QED) is 0.743. The van der Waals surface area contributed by atoms with Gasteiger partial charge in [0.1, 0.15) is 5.82 Å². The van der Waals surface area contributed by atoms with E-state index >= 15 is 0 Å². The SMILES string of the molecule is O=C([O-])[C@@H](Br)Cc1ccc(F)cc1. The van der Waals surface area contributed by atoms with Crippen molar-refractivity contribution < 1.29 is 14.3 Å². The molecule has 70 valence electrons. The molecular formula is C9H7BrFO2-. The number of aliphatic carboxylic acids is 1. The Balaban J connectivity index is 2.64. The van der Waals surface area contributed by atoms with E-state index in [1.807, 2.05) is 0 Å². The Morgan fingerprint density at radius 1 is 1.46 bits per heavy atom. The van der Waals surface area contributed by atoms with E-state index in [2.05, 4.69) is 15.9 Å². The lowest BCUT2D eigenvalue weighted by atomic mass is 10.1. The Labute approximate surface area is 83.5 Å². The third kappa shape index (κ3) is 3.14. The summed E-state index contributed by atoms with van der Waals surface area (Å²) < 4.78 is 12.4. The number of rotatable bonds is 3. The van der Waals surface area contributed by atoms with Gasteiger partial charge in [0.2, 0.25) is 0 Å². The van der Waals surface area contributed by atoms with Gasteiger partial charge in [-0.1, -0.05) is 28.1 Å². The molecule has 0 aliphatic rings. The van der Waals surface area contributed by atoms with Crippen LogP contribution in [0.4, 0.5) is 4.39 Å². The van der Waals surface area contributed by atoms with E-state index in [0.717, 1.165) is 5.56 Å². The highest BCUT2D eigenvalue weighted by molar-refractivity contribution is 9.10. The van der Waals surface area contributed by atoms with Crippen LogP contribution in [-0.2, 0) is 11.2 Å². The number of carbonyl (C=O) groups excluding carboxylic acids is 1. The minimum Gasteiger partial charge on any atom is -0.549 e. The zero-order chi connectivity index (χ0) is 9.84. The topological polar surface area (TPSA) is 40.1 Å². The van der Waals surface area contributed by atoms with Crippen LogP contribution in [0, 0.1) is 5.82 Å². The van der Waals surface area contributed by atoms with Crippen molar-refractivity contribution in [1.82, 2.24) is 0 Å². The Bertz CT molecular complexity index is 297. The van der Waals surface area contributed by atoms with Crippen LogP contribution in [0.25, 0.3) is 0 Å². The molecule has 0 N–H and O–H groups in total. The summed E-state index contributed by atoms with van der Waals surface area (Å²) in [5.41, 5.74) is 0.757. The Kier molecular flexibility index (Phi) is 3.42. The monoisotopic (exact) mass is 245 g/mol. The van der Waals surface area contributed by atoms with Crippen molar-refractivity contribution in [2.45, 2.75) is 11.2 Å². The van der Waals surface area contributed by atoms with Gasteiger partial charge >= 0.3 is 0 Å². The lowest BCUT2D eigenvalue weighted by molar-refractivity contribution is -0.304. The van der Waals surface area contributed by atoms with Crippen LogP contribution in [0.1, 0.15) is 5.56 Å². The number of carboxylic acids is 1. The molecule has 0 radical (unpaired) electrons. The largest absolute Gasteiger partial charge is 0.549 e. The summed E-state index contributed by atoms with van der Waals surface area (Å²) in [7, 11) is 0. The first kappa shape index (κ1) is 10.2. The molecule has 0 aliphatic carbocycles. The highest BCUT2D eigenvalue weighted by Crippen LogP contribution is 2.10. The van der Waals surface area contributed by atoms with Crippen molar-refractivity contribution in [2.24, 2.45) is 0 Å². The molecule has 0 aromatic heterocycles. The maximum absolute atomic E-state index is 12.4. The predicted octanol–water partition coefficient (Wildman–Crippen LogP) is 0.882. The Hall–Kier alpha value is -0.900. The van der Waals surface area contributed by atoms with Gasteiger partial charge in [-0.2, -0.15) is 0 Å². The first-order valence-corrected chi connectivity index (χ1v) is 4.60. The zero-order valence-electron chi connectivity index (χ0n) is 6.67. The molecule has 1 rings (SSSR count). The number of alkyl halides is 1. The third-order valence-electron chi connectivity index (χ3n) is 1.58. The van der Waals surface area contributed by atoms with Crippen LogP contribution in [0.2, 0.25) is 0 Å². The number of hydrogen-bond donors (Lipinski definition) is 0. The molecule has 0 saturated carbocycles. The van der Waals surface area contributed by atoms with Gasteiger partial charge in [-0.3, -0.25) is 0 Å². The average molecular weight is 246 g/mol. The molecule has 13 heavy (non-hydrogen) atoms. The number of carboxylic acid groups (broad SMARTS) is 1. The van der Waals surface area contributed by atoms with Crippen molar-refractivity contribution in [3.8, 4) is 0 Å². The molecule has 1 aromatic carbocycles. The first-order valence-electron chi connectivity index (χ1n) is 3.69. The summed E-state index contributed by atoms with van der Waals surface area (Å²) in [4.78, 5) is 9.61. The standard InChI is InChI=1S/C9H8BrFO2/c10-8(9(12)13)5-6-1-3-7(11)4-2-6/h1-4,8H,5H2,(H,12,13)/p-1/t8-/m0/s1. The van der Waals surface area contributed by atoms with Crippen LogP contribution >= 0.6 is 15.9 Å². The first-order chi connectivity index (χ1) is 6.09. The summed E-state index contributed by atoms with van der Waals surface area (Å²) in [6, 6.07) is 5.69. The molecule has 4 heteroatoms. The maximum atomic E-state index is 12.4. The summed E-state index contributed by atoms with van der Waals surface area (Å²) in [6.45, 7) is 0. The number of halogens is 2. The molecule has 0 amide bonds. The predicted molar refractivity (Wildman–Crippen MR) is 47.8 cm³/mol. The Morgan fingerprint density at radius 2 is 2.00 bits per heavy atom. The van der Waals surface area contributed by atoms with E-state index < -0.39 is 10.8 Å². The van der Waals surface area contributed by atoms with Crippen molar-refractivity contribution in [3.05, 3.63) is 35.6 Å². The molecule has 0 saturated heterocycles. The molecule has 2 nitrogen and oxygen atoms in total. The minimum atomic E-state index is -1.16. The number of carbonyl (C=O) groups is 1. The summed E-state index contributed by atoms with van der Waals surface area (Å²) in [5.74, 6) is -1.49. The van der Waals surface area contributed by atoms with Crippen LogP contribution in [0.5, 0.6) is 0 Å². The lowest BCUT2D eigenvalue weighted by Gasteiger charge is -2.09. The van der Waals surface area contributed by atoms with Gasteiger partial charge in [-0.15, -0.1) is 0 Å². The molecule has 1 aromatic rings. The summed E-state index contributed by atoms with van der Waals surface area (Å²) >= 11 is 2.94. The zero-order valence-corrected chi connectivity index (χ0v) is 8.25. The van der Waals surface area contributed by atoms with E-state index in [1.165, 1.54) is 12.1 Å². The second-order valence-electron chi connectivity index (χ2n) is 2.62. The van der Waals surface area contributed by atoms with Crippen molar-refractivity contribution in [3.63, 3.8) is 0 Å². The smallest absolute Gasteiger partial charge is 0.123 e. The van der Waals surface area contributed by atoms with Crippen LogP contribution in [0.3, 0.4) is 0 Å². The fourth-order valence-corrected chi connectivity index (χ4v) is 1.28. The molecule has 0 bridgehead atoms. The van der Waals surface area contributed by atoms with Crippen LogP contribution in [0.15, 0.2) is 24.3 Å². The maximum Gasteiger partial charge on any atom is 0.123 e. The van der Waals surface area contributed by atoms with Crippen molar-refractivity contribution >= 4 is 21.9 Å². The van der Waals surface area contributed by atoms with Gasteiger partial charge < -0.3 is 9.90 Å². The van der Waals surface area contributed by atoms with Crippen molar-refractivity contribution in [2.75, 3.05) is 0 Å². The van der Waals surface area contributed by atoms with Gasteiger partial charge in [0.15, 0.2) is 0 Å². The van der Waals surface area contributed by atoms with Gasteiger partial charge in [0.05, 0.1) is 10.8 Å². The number of hydrogen-bond acceptors (Lipinski definition) is 2. The van der Waals surface area contributed by atoms with Gasteiger partial charge in [-0.25, -0.2) is 4.39 Å². The second kappa shape index (κ2) is 4.37. The van der Waals surface area contributed by atoms with E-state index in [1.54, 1.807) is 12.1 Å². The number of benzene rings is 1. The fourth-order valence-electron chi connectivity index (χ4n) is 0.911. The summed E-state index contributed by atoms with van der Waals surface area (Å²) in [5, 5.41) is 10.3. The van der Waals surface area contributed by atoms with Crippen LogP contribution in [-0.4, -0.2) is 10.8 Å². The van der Waals surface area contributed by atoms with E-state index in [9.17, 15) is 14.3 Å². The second-order valence-corrected chi connectivity index (χ2v) is 3.72. The molecule has 0 unspecified atom stereocenters. The molecule has 0 aliphatic heterocycles. The normalized spacial score (nSPS) is 12.5. The molecule has 0 spiro atoms. The highest BCUT2D eigenvalue weighted by atomic mass is 79.9. The van der Waals surface area contributed by atoms with E-state index in [0.29, 0.717) is 6.42 Å².